The SMILES string of the molecule is c1ccc(-c2cc(-c3cc(-c4cc(N5c6ccccc6Oc6ccccc65)cc(N5c6ccccc6Oc6ccccc65)c4)cc(-c4cc(-c5ccccn5)nc(-c5cccnc5)n4)c3)nc(-c3cccnc3)n2)nc1. The number of hydrogen-bond donors (Lipinski definition) is 0. The third kappa shape index (κ3) is 8.17. The van der Waals surface area contributed by atoms with Crippen LogP contribution in [0.15, 0.2) is 243 Å². The third-order valence-electron chi connectivity index (χ3n) is 13.3. The first-order chi connectivity index (χ1) is 37.6. The molecule has 2 aliphatic heterocycles. The monoisotopic (exact) mass is 980 g/mol. The molecular formula is C64H40N10O2. The van der Waals surface area contributed by atoms with Crippen molar-refractivity contribution < 1.29 is 9.47 Å². The quantitative estimate of drug-likeness (QED) is 0.137. The average molecular weight is 981 g/mol. The minimum Gasteiger partial charge on any atom is -0.453 e. The summed E-state index contributed by atoms with van der Waals surface area (Å²) in [7, 11) is 0. The van der Waals surface area contributed by atoms with E-state index in [4.69, 9.17) is 39.4 Å². The summed E-state index contributed by atoms with van der Waals surface area (Å²) in [6.07, 6.45) is 10.6. The number of nitrogens with zero attached hydrogens (tertiary/aromatic N) is 10. The van der Waals surface area contributed by atoms with Gasteiger partial charge in [-0.25, -0.2) is 19.9 Å². The van der Waals surface area contributed by atoms with Gasteiger partial charge in [0.05, 0.1) is 56.9 Å². The minimum atomic E-state index is 0.509. The van der Waals surface area contributed by atoms with Crippen LogP contribution in [-0.4, -0.2) is 39.9 Å². The van der Waals surface area contributed by atoms with Crippen molar-refractivity contribution in [1.82, 2.24) is 39.9 Å². The van der Waals surface area contributed by atoms with Crippen LogP contribution >= 0.6 is 0 Å². The van der Waals surface area contributed by atoms with E-state index in [0.717, 1.165) is 90.5 Å². The largest absolute Gasteiger partial charge is 0.453 e. The Balaban J connectivity index is 1.06. The van der Waals surface area contributed by atoms with Gasteiger partial charge < -0.3 is 19.3 Å². The number of rotatable bonds is 9. The summed E-state index contributed by atoms with van der Waals surface area (Å²) < 4.78 is 13.1. The fourth-order valence-electron chi connectivity index (χ4n) is 9.81. The summed E-state index contributed by atoms with van der Waals surface area (Å²) in [5.41, 5.74) is 14.5. The Hall–Kier alpha value is -10.7. The van der Waals surface area contributed by atoms with Crippen molar-refractivity contribution >= 4 is 34.1 Å². The standard InChI is InChI=1S/C64H40N10O2/c1-5-23-59-55(19-1)73(56-20-2-6-24-60(56)75-59)47-34-44(35-48(36-47)74-57-21-3-7-25-61(57)76-62-26-8-4-22-58(62)74)43-31-45(51-37-53(49-17-9-11-29-67-49)71-63(69-51)41-15-13-27-65-39-41)33-46(32-43)52-38-54(50-18-10-12-30-68-50)72-64(70-52)42-16-14-28-66-40-42/h1-40H. The van der Waals surface area contributed by atoms with Crippen LogP contribution in [0.3, 0.4) is 0 Å². The summed E-state index contributed by atoms with van der Waals surface area (Å²) in [6.45, 7) is 0. The van der Waals surface area contributed by atoms with Crippen molar-refractivity contribution in [2.75, 3.05) is 9.80 Å². The molecule has 358 valence electrons. The topological polar surface area (TPSA) is 128 Å². The lowest BCUT2D eigenvalue weighted by atomic mass is 9.94. The summed E-state index contributed by atoms with van der Waals surface area (Å²) in [6, 6.07) is 69.1. The fourth-order valence-corrected chi connectivity index (χ4v) is 9.81. The van der Waals surface area contributed by atoms with E-state index in [1.54, 1.807) is 37.2 Å². The summed E-state index contributed by atoms with van der Waals surface area (Å²) in [5.74, 6) is 3.99. The molecule has 2 aliphatic rings. The Morgan fingerprint density at radius 1 is 0.276 bits per heavy atom. The number of anilines is 6. The van der Waals surface area contributed by atoms with E-state index >= 15 is 0 Å². The molecule has 14 rings (SSSR count). The Labute approximate surface area is 437 Å². The Morgan fingerprint density at radius 3 is 1.05 bits per heavy atom. The molecule has 0 amide bonds. The molecule has 6 aromatic carbocycles. The second-order valence-electron chi connectivity index (χ2n) is 18.1. The number of hydrogen-bond acceptors (Lipinski definition) is 12. The molecule has 8 heterocycles. The van der Waals surface area contributed by atoms with E-state index < -0.39 is 0 Å². The number of aromatic nitrogens is 8. The van der Waals surface area contributed by atoms with Gasteiger partial charge in [0.15, 0.2) is 34.6 Å². The van der Waals surface area contributed by atoms with E-state index in [9.17, 15) is 0 Å². The van der Waals surface area contributed by atoms with E-state index in [-0.39, 0.29) is 0 Å². The van der Waals surface area contributed by atoms with Crippen molar-refractivity contribution in [3.8, 4) is 102 Å². The maximum atomic E-state index is 6.57. The molecule has 76 heavy (non-hydrogen) atoms. The molecule has 0 aliphatic carbocycles. The van der Waals surface area contributed by atoms with E-state index in [0.29, 0.717) is 45.8 Å². The van der Waals surface area contributed by atoms with Crippen LogP contribution in [0.1, 0.15) is 0 Å². The smallest absolute Gasteiger partial charge is 0.162 e. The lowest BCUT2D eigenvalue weighted by molar-refractivity contribution is 0.477. The van der Waals surface area contributed by atoms with Crippen molar-refractivity contribution in [1.29, 1.82) is 0 Å². The Morgan fingerprint density at radius 2 is 0.658 bits per heavy atom. The first kappa shape index (κ1) is 44.0. The van der Waals surface area contributed by atoms with Gasteiger partial charge in [-0.05, 0) is 157 Å². The summed E-state index contributed by atoms with van der Waals surface area (Å²) in [4.78, 5) is 43.7. The van der Waals surface area contributed by atoms with Crippen molar-refractivity contribution in [3.05, 3.63) is 243 Å². The van der Waals surface area contributed by atoms with Gasteiger partial charge in [-0.3, -0.25) is 19.9 Å². The maximum Gasteiger partial charge on any atom is 0.162 e. The van der Waals surface area contributed by atoms with Gasteiger partial charge in [0.25, 0.3) is 0 Å². The molecule has 0 bridgehead atoms. The fraction of sp³-hybridized carbons (Fsp3) is 0. The molecule has 12 heteroatoms. The Bertz CT molecular complexity index is 3680. The molecule has 0 atom stereocenters. The van der Waals surface area contributed by atoms with E-state index in [2.05, 4.69) is 80.4 Å². The average Bonchev–Trinajstić information content (AvgIpc) is 3.56. The highest BCUT2D eigenvalue weighted by Crippen LogP contribution is 2.55. The van der Waals surface area contributed by atoms with Gasteiger partial charge in [0.2, 0.25) is 0 Å². The molecule has 0 radical (unpaired) electrons. The molecule has 0 saturated heterocycles. The summed E-state index contributed by atoms with van der Waals surface area (Å²) in [5, 5.41) is 0. The Kier molecular flexibility index (Phi) is 10.8. The molecule has 0 saturated carbocycles. The van der Waals surface area contributed by atoms with Crippen LogP contribution < -0.4 is 19.3 Å². The lowest BCUT2D eigenvalue weighted by Gasteiger charge is -2.36. The molecular weight excluding hydrogens is 941 g/mol. The summed E-state index contributed by atoms with van der Waals surface area (Å²) >= 11 is 0. The zero-order valence-electron chi connectivity index (χ0n) is 40.4. The van der Waals surface area contributed by atoms with Gasteiger partial charge in [0, 0.05) is 70.8 Å². The van der Waals surface area contributed by atoms with Crippen molar-refractivity contribution in [2.24, 2.45) is 0 Å². The first-order valence-electron chi connectivity index (χ1n) is 24.7. The number of pyridine rings is 4. The zero-order chi connectivity index (χ0) is 50.4. The van der Waals surface area contributed by atoms with Gasteiger partial charge in [-0.2, -0.15) is 0 Å². The minimum absolute atomic E-state index is 0.509. The highest BCUT2D eigenvalue weighted by molar-refractivity contribution is 5.94. The van der Waals surface area contributed by atoms with Gasteiger partial charge in [-0.15, -0.1) is 0 Å². The molecule has 0 spiro atoms. The molecule has 6 aromatic heterocycles. The zero-order valence-corrected chi connectivity index (χ0v) is 40.4. The molecule has 0 unspecified atom stereocenters. The second kappa shape index (κ2) is 18.7. The van der Waals surface area contributed by atoms with Gasteiger partial charge >= 0.3 is 0 Å². The van der Waals surface area contributed by atoms with E-state index in [1.165, 1.54) is 0 Å². The van der Waals surface area contributed by atoms with Crippen LogP contribution in [0.4, 0.5) is 34.1 Å². The molecule has 12 nitrogen and oxygen atoms in total. The number of benzene rings is 6. The lowest BCUT2D eigenvalue weighted by Crippen LogP contribution is -2.18. The predicted molar refractivity (Wildman–Crippen MR) is 296 cm³/mol. The van der Waals surface area contributed by atoms with Crippen LogP contribution in [0.25, 0.3) is 79.2 Å². The van der Waals surface area contributed by atoms with E-state index in [1.807, 2.05) is 146 Å². The molecule has 0 N–H and O–H groups in total. The number of para-hydroxylation sites is 8. The van der Waals surface area contributed by atoms with Crippen molar-refractivity contribution in [2.45, 2.75) is 0 Å². The normalized spacial score (nSPS) is 12.1. The first-order valence-corrected chi connectivity index (χ1v) is 24.7. The highest BCUT2D eigenvalue weighted by atomic mass is 16.5. The maximum absolute atomic E-state index is 6.57. The van der Waals surface area contributed by atoms with Gasteiger partial charge in [-0.1, -0.05) is 60.7 Å². The molecule has 0 fully saturated rings. The van der Waals surface area contributed by atoms with Crippen LogP contribution in [0.2, 0.25) is 0 Å². The van der Waals surface area contributed by atoms with Crippen LogP contribution in [0, 0.1) is 0 Å². The van der Waals surface area contributed by atoms with Crippen molar-refractivity contribution in [3.63, 3.8) is 0 Å². The second-order valence-corrected chi connectivity index (χ2v) is 18.1. The van der Waals surface area contributed by atoms with Gasteiger partial charge in [0.1, 0.15) is 0 Å². The number of fused-ring (bicyclic) bond motifs is 4. The number of ether oxygens (including phenoxy) is 2. The third-order valence-corrected chi connectivity index (χ3v) is 13.3. The molecule has 12 aromatic rings. The highest BCUT2D eigenvalue weighted by Gasteiger charge is 2.30. The van der Waals surface area contributed by atoms with Crippen LogP contribution in [-0.2, 0) is 0 Å². The predicted octanol–water partition coefficient (Wildman–Crippen LogP) is 15.7. The van der Waals surface area contributed by atoms with Crippen LogP contribution in [0.5, 0.6) is 23.0 Å².